The number of aromatic nitrogens is 2. The maximum atomic E-state index is 12.4. The van der Waals surface area contributed by atoms with Crippen LogP contribution in [-0.2, 0) is 4.79 Å². The van der Waals surface area contributed by atoms with E-state index in [-0.39, 0.29) is 17.3 Å². The van der Waals surface area contributed by atoms with E-state index in [9.17, 15) is 15.2 Å². The summed E-state index contributed by atoms with van der Waals surface area (Å²) >= 11 is 3.22. The van der Waals surface area contributed by atoms with Gasteiger partial charge < -0.3 is 15.7 Å². The lowest BCUT2D eigenvalue weighted by atomic mass is 10.1. The number of hydrogen-bond donors (Lipinski definition) is 3. The van der Waals surface area contributed by atoms with Gasteiger partial charge >= 0.3 is 0 Å². The molecule has 1 amide bonds. The first-order valence-electron chi connectivity index (χ1n) is 7.45. The molecule has 0 saturated carbocycles. The Morgan fingerprint density at radius 3 is 2.58 bits per heavy atom. The number of hydrogen-bond acceptors (Lipinski definition) is 6. The molecule has 0 saturated heterocycles. The van der Waals surface area contributed by atoms with Gasteiger partial charge in [-0.3, -0.25) is 4.79 Å². The highest BCUT2D eigenvalue weighted by Crippen LogP contribution is 2.29. The molecule has 8 heteroatoms. The molecule has 3 rings (SSSR count). The summed E-state index contributed by atoms with van der Waals surface area (Å²) in [4.78, 5) is 20.4. The summed E-state index contributed by atoms with van der Waals surface area (Å²) in [5.41, 5.74) is 0.345. The maximum absolute atomic E-state index is 12.4. The van der Waals surface area contributed by atoms with Crippen LogP contribution in [0.4, 0.5) is 11.6 Å². The lowest BCUT2D eigenvalue weighted by molar-refractivity contribution is -0.112. The molecule has 3 aromatic rings. The Morgan fingerprint density at radius 2 is 1.85 bits per heavy atom. The number of phenolic OH excluding ortho intramolecular Hbond substituents is 1. The Hall–Kier alpha value is -3.44. The fraction of sp³-hybridized carbons (Fsp3) is 0. The average Bonchev–Trinajstić information content (AvgIpc) is 2.64. The normalized spacial score (nSPS) is 11.0. The number of nitrogens with zero attached hydrogens (tertiary/aromatic N) is 3. The third kappa shape index (κ3) is 3.79. The third-order valence-corrected chi connectivity index (χ3v) is 3.89. The number of phenols is 1. The molecule has 0 aliphatic heterocycles. The van der Waals surface area contributed by atoms with Crippen molar-refractivity contribution in [2.45, 2.75) is 0 Å². The topological polar surface area (TPSA) is 111 Å². The fourth-order valence-electron chi connectivity index (χ4n) is 2.26. The van der Waals surface area contributed by atoms with Crippen LogP contribution in [0, 0.1) is 11.3 Å². The van der Waals surface area contributed by atoms with Crippen LogP contribution >= 0.6 is 15.9 Å². The minimum atomic E-state index is -0.590. The third-order valence-electron chi connectivity index (χ3n) is 3.48. The first-order chi connectivity index (χ1) is 12.6. The molecule has 0 aliphatic carbocycles. The molecule has 0 fully saturated rings. The van der Waals surface area contributed by atoms with Gasteiger partial charge in [0, 0.05) is 35.1 Å². The zero-order chi connectivity index (χ0) is 18.5. The number of anilines is 2. The summed E-state index contributed by atoms with van der Waals surface area (Å²) in [6.07, 6.45) is 4.32. The second-order valence-electron chi connectivity index (χ2n) is 5.17. The van der Waals surface area contributed by atoms with Gasteiger partial charge in [-0.05, 0) is 28.1 Å². The Labute approximate surface area is 157 Å². The molecule has 7 nitrogen and oxygen atoms in total. The smallest absolute Gasteiger partial charge is 0.267 e. The summed E-state index contributed by atoms with van der Waals surface area (Å²) < 4.78 is 0.712. The van der Waals surface area contributed by atoms with Crippen molar-refractivity contribution < 1.29 is 9.90 Å². The minimum Gasteiger partial charge on any atom is -0.507 e. The fourth-order valence-corrected chi connectivity index (χ4v) is 2.47. The molecule has 1 heterocycles. The van der Waals surface area contributed by atoms with Crippen molar-refractivity contribution in [2.24, 2.45) is 0 Å². The number of nitrogens with one attached hydrogen (secondary N) is 2. The lowest BCUT2D eigenvalue weighted by Gasteiger charge is -2.09. The molecule has 1 aromatic heterocycles. The summed E-state index contributed by atoms with van der Waals surface area (Å²) in [6.45, 7) is 0. The van der Waals surface area contributed by atoms with Crippen LogP contribution in [0.25, 0.3) is 10.8 Å². The van der Waals surface area contributed by atoms with Crippen LogP contribution in [0.3, 0.4) is 0 Å². The van der Waals surface area contributed by atoms with Crippen LogP contribution in [0.15, 0.2) is 65.0 Å². The van der Waals surface area contributed by atoms with Crippen molar-refractivity contribution in [1.29, 1.82) is 5.26 Å². The van der Waals surface area contributed by atoms with E-state index in [1.165, 1.54) is 18.6 Å². The van der Waals surface area contributed by atoms with Crippen molar-refractivity contribution in [3.63, 3.8) is 0 Å². The number of aromatic hydroxyl groups is 1. The Morgan fingerprint density at radius 1 is 1.15 bits per heavy atom. The van der Waals surface area contributed by atoms with Gasteiger partial charge in [-0.2, -0.15) is 5.26 Å². The van der Waals surface area contributed by atoms with Crippen molar-refractivity contribution in [3.8, 4) is 11.8 Å². The van der Waals surface area contributed by atoms with E-state index in [4.69, 9.17) is 0 Å². The zero-order valence-electron chi connectivity index (χ0n) is 13.3. The Kier molecular flexibility index (Phi) is 5.10. The first kappa shape index (κ1) is 17.4. The number of amides is 1. The maximum Gasteiger partial charge on any atom is 0.267 e. The standard InChI is InChI=1S/C18H12BrN5O2/c19-12-9-22-18(23-10-12)21-8-11(7-20)17(26)24-15-5-1-4-14-13(15)3-2-6-16(14)25/h1-6,8-10,25H,(H,24,26)(H,21,22,23)/b11-8-. The highest BCUT2D eigenvalue weighted by Gasteiger charge is 2.12. The molecular weight excluding hydrogens is 398 g/mol. The van der Waals surface area contributed by atoms with E-state index in [1.54, 1.807) is 36.4 Å². The summed E-state index contributed by atoms with van der Waals surface area (Å²) in [7, 11) is 0. The van der Waals surface area contributed by atoms with Gasteiger partial charge in [0.15, 0.2) is 0 Å². The second-order valence-corrected chi connectivity index (χ2v) is 6.09. The van der Waals surface area contributed by atoms with Crippen LogP contribution in [0.5, 0.6) is 5.75 Å². The van der Waals surface area contributed by atoms with Gasteiger partial charge in [0.25, 0.3) is 5.91 Å². The van der Waals surface area contributed by atoms with Crippen molar-refractivity contribution in [2.75, 3.05) is 10.6 Å². The second kappa shape index (κ2) is 7.63. The largest absolute Gasteiger partial charge is 0.507 e. The lowest BCUT2D eigenvalue weighted by Crippen LogP contribution is -2.15. The number of halogens is 1. The van der Waals surface area contributed by atoms with Crippen LogP contribution in [-0.4, -0.2) is 21.0 Å². The minimum absolute atomic E-state index is 0.115. The highest BCUT2D eigenvalue weighted by molar-refractivity contribution is 9.10. The molecule has 0 aliphatic rings. The summed E-state index contributed by atoms with van der Waals surface area (Å²) in [5.74, 6) is -0.222. The van der Waals surface area contributed by atoms with Gasteiger partial charge in [-0.1, -0.05) is 24.3 Å². The molecule has 0 radical (unpaired) electrons. The average molecular weight is 410 g/mol. The van der Waals surface area contributed by atoms with Gasteiger partial charge in [0.2, 0.25) is 5.95 Å². The molecule has 0 bridgehead atoms. The van der Waals surface area contributed by atoms with Gasteiger partial charge in [0.1, 0.15) is 17.4 Å². The van der Waals surface area contributed by atoms with Crippen molar-refractivity contribution >= 4 is 44.2 Å². The van der Waals surface area contributed by atoms with E-state index in [1.807, 2.05) is 6.07 Å². The van der Waals surface area contributed by atoms with E-state index in [0.29, 0.717) is 20.9 Å². The van der Waals surface area contributed by atoms with Gasteiger partial charge in [0.05, 0.1) is 4.47 Å². The highest BCUT2D eigenvalue weighted by atomic mass is 79.9. The Balaban J connectivity index is 1.82. The Bertz CT molecular complexity index is 1040. The van der Waals surface area contributed by atoms with E-state index < -0.39 is 5.91 Å². The van der Waals surface area contributed by atoms with Crippen LogP contribution < -0.4 is 10.6 Å². The molecule has 0 unspecified atom stereocenters. The number of carbonyl (C=O) groups is 1. The van der Waals surface area contributed by atoms with E-state index in [0.717, 1.165) is 0 Å². The molecular formula is C18H12BrN5O2. The summed E-state index contributed by atoms with van der Waals surface area (Å²) in [5, 5.41) is 25.8. The zero-order valence-corrected chi connectivity index (χ0v) is 14.9. The van der Waals surface area contributed by atoms with Crippen molar-refractivity contribution in [1.82, 2.24) is 9.97 Å². The monoisotopic (exact) mass is 409 g/mol. The van der Waals surface area contributed by atoms with Crippen LogP contribution in [0.2, 0.25) is 0 Å². The molecule has 0 atom stereocenters. The SMILES string of the molecule is N#C/C(=C/Nc1ncc(Br)cn1)C(=O)Nc1cccc2c(O)cccc12. The number of fused-ring (bicyclic) bond motifs is 1. The quantitative estimate of drug-likeness (QED) is 0.448. The van der Waals surface area contributed by atoms with E-state index in [2.05, 4.69) is 36.5 Å². The number of carbonyl (C=O) groups excluding carboxylic acids is 1. The molecule has 2 aromatic carbocycles. The van der Waals surface area contributed by atoms with Crippen LogP contribution in [0.1, 0.15) is 0 Å². The van der Waals surface area contributed by atoms with Crippen molar-refractivity contribution in [3.05, 3.63) is 65.0 Å². The first-order valence-corrected chi connectivity index (χ1v) is 8.24. The predicted molar refractivity (Wildman–Crippen MR) is 101 cm³/mol. The van der Waals surface area contributed by atoms with E-state index >= 15 is 0 Å². The number of nitriles is 1. The molecule has 26 heavy (non-hydrogen) atoms. The number of rotatable bonds is 4. The van der Waals surface area contributed by atoms with Gasteiger partial charge in [-0.25, -0.2) is 9.97 Å². The molecule has 3 N–H and O–H groups in total. The molecule has 0 spiro atoms. The van der Waals surface area contributed by atoms with Gasteiger partial charge in [-0.15, -0.1) is 0 Å². The number of benzene rings is 2. The molecule has 128 valence electrons. The predicted octanol–water partition coefficient (Wildman–Crippen LogP) is 3.56. The summed E-state index contributed by atoms with van der Waals surface area (Å²) in [6, 6.07) is 12.0.